The summed E-state index contributed by atoms with van der Waals surface area (Å²) in [6.45, 7) is 3.94. The van der Waals surface area contributed by atoms with E-state index in [1.165, 1.54) is 4.68 Å². The summed E-state index contributed by atoms with van der Waals surface area (Å²) in [5.74, 6) is 0.00395. The van der Waals surface area contributed by atoms with Gasteiger partial charge in [-0.15, -0.1) is 0 Å². The lowest BCUT2D eigenvalue weighted by molar-refractivity contribution is 0.0631. The monoisotopic (exact) mass is 441 g/mol. The SMILES string of the molecule is O=C(c1ccc2nccnc2c1)N1CCN(CCn2nc(-c3cccnc3)ccc2=O)CC1. The lowest BCUT2D eigenvalue weighted by Crippen LogP contribution is -2.49. The maximum absolute atomic E-state index is 12.9. The zero-order valence-corrected chi connectivity index (χ0v) is 18.0. The van der Waals surface area contributed by atoms with Gasteiger partial charge in [0.2, 0.25) is 0 Å². The molecule has 1 aliphatic rings. The van der Waals surface area contributed by atoms with Gasteiger partial charge >= 0.3 is 0 Å². The molecule has 9 heteroatoms. The van der Waals surface area contributed by atoms with E-state index in [0.29, 0.717) is 37.3 Å². The van der Waals surface area contributed by atoms with Gasteiger partial charge in [-0.25, -0.2) is 4.68 Å². The average Bonchev–Trinajstić information content (AvgIpc) is 2.88. The minimum absolute atomic E-state index is 0.00395. The van der Waals surface area contributed by atoms with Gasteiger partial charge in [-0.2, -0.15) is 5.10 Å². The predicted molar refractivity (Wildman–Crippen MR) is 124 cm³/mol. The molecule has 0 saturated carbocycles. The predicted octanol–water partition coefficient (Wildman–Crippen LogP) is 1.71. The van der Waals surface area contributed by atoms with Crippen molar-refractivity contribution >= 4 is 16.9 Å². The number of carbonyl (C=O) groups is 1. The Labute approximate surface area is 190 Å². The van der Waals surface area contributed by atoms with Crippen LogP contribution in [0.3, 0.4) is 0 Å². The number of pyridine rings is 1. The first-order valence-electron chi connectivity index (χ1n) is 10.9. The Morgan fingerprint density at radius 1 is 0.879 bits per heavy atom. The van der Waals surface area contributed by atoms with Crippen LogP contribution < -0.4 is 5.56 Å². The highest BCUT2D eigenvalue weighted by Crippen LogP contribution is 2.15. The van der Waals surface area contributed by atoms with Crippen LogP contribution in [0.5, 0.6) is 0 Å². The Kier molecular flexibility index (Phi) is 5.86. The summed E-state index contributed by atoms with van der Waals surface area (Å²) >= 11 is 0. The molecule has 0 radical (unpaired) electrons. The Balaban J connectivity index is 1.19. The molecule has 1 amide bonds. The van der Waals surface area contributed by atoms with Crippen molar-refractivity contribution in [2.24, 2.45) is 0 Å². The molecule has 0 atom stereocenters. The van der Waals surface area contributed by atoms with Crippen LogP contribution in [0.4, 0.5) is 0 Å². The number of piperazine rings is 1. The number of hydrogen-bond donors (Lipinski definition) is 0. The largest absolute Gasteiger partial charge is 0.336 e. The molecule has 5 rings (SSSR count). The number of fused-ring (bicyclic) bond motifs is 1. The fourth-order valence-electron chi connectivity index (χ4n) is 3.97. The van der Waals surface area contributed by atoms with Gasteiger partial charge in [-0.05, 0) is 36.4 Å². The summed E-state index contributed by atoms with van der Waals surface area (Å²) in [5.41, 5.74) is 3.58. The van der Waals surface area contributed by atoms with Crippen LogP contribution in [-0.4, -0.2) is 73.2 Å². The molecule has 0 N–H and O–H groups in total. The number of hydrogen-bond acceptors (Lipinski definition) is 7. The molecule has 166 valence electrons. The smallest absolute Gasteiger partial charge is 0.266 e. The molecule has 1 aliphatic heterocycles. The lowest BCUT2D eigenvalue weighted by Gasteiger charge is -2.34. The van der Waals surface area contributed by atoms with Gasteiger partial charge < -0.3 is 4.90 Å². The molecule has 0 unspecified atom stereocenters. The van der Waals surface area contributed by atoms with E-state index in [0.717, 1.165) is 29.9 Å². The first-order valence-corrected chi connectivity index (χ1v) is 10.9. The molecule has 3 aromatic heterocycles. The topological polar surface area (TPSA) is 97.1 Å². The highest BCUT2D eigenvalue weighted by molar-refractivity contribution is 5.97. The van der Waals surface area contributed by atoms with Crippen LogP contribution in [0.1, 0.15) is 10.4 Å². The average molecular weight is 441 g/mol. The van der Waals surface area contributed by atoms with E-state index in [4.69, 9.17) is 0 Å². The van der Waals surface area contributed by atoms with E-state index in [9.17, 15) is 9.59 Å². The van der Waals surface area contributed by atoms with Crippen molar-refractivity contribution in [3.05, 3.63) is 83.2 Å². The number of aromatic nitrogens is 5. The number of carbonyl (C=O) groups excluding carboxylic acids is 1. The van der Waals surface area contributed by atoms with E-state index in [1.54, 1.807) is 49.1 Å². The van der Waals surface area contributed by atoms with Gasteiger partial charge in [-0.3, -0.25) is 29.4 Å². The normalized spacial score (nSPS) is 14.5. The molecule has 0 aliphatic carbocycles. The van der Waals surface area contributed by atoms with Gasteiger partial charge in [0.25, 0.3) is 11.5 Å². The summed E-state index contributed by atoms with van der Waals surface area (Å²) in [6, 6.07) is 12.5. The molecule has 1 aromatic carbocycles. The van der Waals surface area contributed by atoms with Crippen LogP contribution in [0, 0.1) is 0 Å². The van der Waals surface area contributed by atoms with E-state index >= 15 is 0 Å². The molecule has 4 aromatic rings. The third-order valence-corrected chi connectivity index (χ3v) is 5.83. The summed E-state index contributed by atoms with van der Waals surface area (Å²) in [6.07, 6.45) is 6.71. The van der Waals surface area contributed by atoms with E-state index in [-0.39, 0.29) is 11.5 Å². The third-order valence-electron chi connectivity index (χ3n) is 5.83. The number of benzene rings is 1. The molecular formula is C24H23N7O2. The van der Waals surface area contributed by atoms with Crippen LogP contribution in [0.2, 0.25) is 0 Å². The van der Waals surface area contributed by atoms with Crippen LogP contribution >= 0.6 is 0 Å². The van der Waals surface area contributed by atoms with Gasteiger partial charge in [0.05, 0.1) is 23.3 Å². The molecule has 4 heterocycles. The van der Waals surface area contributed by atoms with E-state index in [2.05, 4.69) is 25.0 Å². The maximum Gasteiger partial charge on any atom is 0.266 e. The number of rotatable bonds is 5. The van der Waals surface area contributed by atoms with Crippen molar-refractivity contribution in [3.63, 3.8) is 0 Å². The van der Waals surface area contributed by atoms with Crippen molar-refractivity contribution < 1.29 is 4.79 Å². The second-order valence-electron chi connectivity index (χ2n) is 7.92. The van der Waals surface area contributed by atoms with Crippen molar-refractivity contribution in [1.29, 1.82) is 0 Å². The van der Waals surface area contributed by atoms with Gasteiger partial charge in [-0.1, -0.05) is 0 Å². The van der Waals surface area contributed by atoms with Gasteiger partial charge in [0, 0.05) is 74.7 Å². The number of nitrogens with zero attached hydrogens (tertiary/aromatic N) is 7. The summed E-state index contributed by atoms with van der Waals surface area (Å²) in [5, 5.41) is 4.50. The highest BCUT2D eigenvalue weighted by atomic mass is 16.2. The minimum atomic E-state index is -0.129. The van der Waals surface area contributed by atoms with Crippen LogP contribution in [-0.2, 0) is 6.54 Å². The molecule has 0 spiro atoms. The summed E-state index contributed by atoms with van der Waals surface area (Å²) in [7, 11) is 0. The minimum Gasteiger partial charge on any atom is -0.336 e. The first kappa shape index (κ1) is 20.9. The fourth-order valence-corrected chi connectivity index (χ4v) is 3.97. The van der Waals surface area contributed by atoms with Crippen molar-refractivity contribution in [3.8, 4) is 11.3 Å². The van der Waals surface area contributed by atoms with Crippen molar-refractivity contribution in [1.82, 2.24) is 34.5 Å². The Morgan fingerprint density at radius 2 is 1.70 bits per heavy atom. The second-order valence-corrected chi connectivity index (χ2v) is 7.92. The first-order chi connectivity index (χ1) is 16.2. The summed E-state index contributed by atoms with van der Waals surface area (Å²) < 4.78 is 1.50. The van der Waals surface area contributed by atoms with Gasteiger partial charge in [0.15, 0.2) is 0 Å². The quantitative estimate of drug-likeness (QED) is 0.465. The molecule has 9 nitrogen and oxygen atoms in total. The Morgan fingerprint density at radius 3 is 2.48 bits per heavy atom. The molecule has 1 saturated heterocycles. The standard InChI is InChI=1S/C24H23N7O2/c32-23-6-5-20(19-2-1-7-25-17-19)28-31(23)15-12-29-10-13-30(14-11-29)24(33)18-3-4-21-22(16-18)27-9-8-26-21/h1-9,16-17H,10-15H2. The second kappa shape index (κ2) is 9.25. The third kappa shape index (κ3) is 4.63. The Hall–Kier alpha value is -3.98. The maximum atomic E-state index is 12.9. The van der Waals surface area contributed by atoms with E-state index in [1.807, 2.05) is 23.1 Å². The molecule has 1 fully saturated rings. The number of amides is 1. The molecule has 0 bridgehead atoms. The van der Waals surface area contributed by atoms with E-state index < -0.39 is 0 Å². The Bertz CT molecular complexity index is 1330. The van der Waals surface area contributed by atoms with Crippen LogP contribution in [0.15, 0.2) is 72.0 Å². The zero-order chi connectivity index (χ0) is 22.6. The van der Waals surface area contributed by atoms with Crippen LogP contribution in [0.25, 0.3) is 22.3 Å². The van der Waals surface area contributed by atoms with Gasteiger partial charge in [0.1, 0.15) is 0 Å². The zero-order valence-electron chi connectivity index (χ0n) is 18.0. The lowest BCUT2D eigenvalue weighted by atomic mass is 10.1. The fraction of sp³-hybridized carbons (Fsp3) is 0.250. The van der Waals surface area contributed by atoms with Crippen molar-refractivity contribution in [2.45, 2.75) is 6.54 Å². The van der Waals surface area contributed by atoms with Crippen molar-refractivity contribution in [2.75, 3.05) is 32.7 Å². The molecule has 33 heavy (non-hydrogen) atoms. The molecular weight excluding hydrogens is 418 g/mol. The highest BCUT2D eigenvalue weighted by Gasteiger charge is 2.22. The summed E-state index contributed by atoms with van der Waals surface area (Å²) in [4.78, 5) is 42.0.